The number of allylic oxidation sites excluding steroid dienone is 4. The normalized spacial score (nSPS) is 13.0. The molecule has 186 valence electrons. The van der Waals surface area contributed by atoms with Crippen molar-refractivity contribution in [1.82, 2.24) is 4.72 Å². The molecule has 0 bridgehead atoms. The Morgan fingerprint density at radius 3 is 2.42 bits per heavy atom. The molecular formula is C25H40N2O5S. The smallest absolute Gasteiger partial charge is 0.268 e. The van der Waals surface area contributed by atoms with E-state index in [1.54, 1.807) is 0 Å². The van der Waals surface area contributed by atoms with E-state index in [9.17, 15) is 23.4 Å². The second kappa shape index (κ2) is 13.4. The van der Waals surface area contributed by atoms with E-state index in [0.717, 1.165) is 31.3 Å². The molecule has 0 fully saturated rings. The van der Waals surface area contributed by atoms with Gasteiger partial charge in [0.2, 0.25) is 5.91 Å². The van der Waals surface area contributed by atoms with Gasteiger partial charge in [0.25, 0.3) is 10.0 Å². The first-order valence-electron chi connectivity index (χ1n) is 11.6. The molecule has 1 atom stereocenters. The fraction of sp³-hybridized carbons (Fsp3) is 0.560. The highest BCUT2D eigenvalue weighted by atomic mass is 32.2. The molecule has 8 heteroatoms. The van der Waals surface area contributed by atoms with Gasteiger partial charge >= 0.3 is 0 Å². The molecule has 1 aromatic carbocycles. The van der Waals surface area contributed by atoms with Crippen molar-refractivity contribution < 1.29 is 23.4 Å². The van der Waals surface area contributed by atoms with Crippen molar-refractivity contribution in [1.29, 1.82) is 0 Å². The van der Waals surface area contributed by atoms with Crippen molar-refractivity contribution in [3.8, 4) is 11.5 Å². The number of phenolic OH excluding ortho intramolecular Hbond substituents is 2. The van der Waals surface area contributed by atoms with Gasteiger partial charge in [0, 0.05) is 18.0 Å². The van der Waals surface area contributed by atoms with Crippen LogP contribution >= 0.6 is 0 Å². The van der Waals surface area contributed by atoms with Crippen LogP contribution in [0.25, 0.3) is 0 Å². The van der Waals surface area contributed by atoms with Crippen molar-refractivity contribution in [2.75, 3.05) is 6.54 Å². The van der Waals surface area contributed by atoms with Crippen LogP contribution in [0.2, 0.25) is 0 Å². The van der Waals surface area contributed by atoms with Crippen molar-refractivity contribution in [3.05, 3.63) is 40.5 Å². The molecule has 0 aliphatic heterocycles. The van der Waals surface area contributed by atoms with E-state index in [1.165, 1.54) is 18.6 Å². The fourth-order valence-electron chi connectivity index (χ4n) is 3.34. The molecular weight excluding hydrogens is 440 g/mol. The number of carbonyl (C=O) groups excluding carboxylic acids is 1. The van der Waals surface area contributed by atoms with Gasteiger partial charge in [0.05, 0.1) is 0 Å². The standard InChI is InChI=1S/C25H40N2O5S/c1-6-7-8-12-20-15-22(28)21(14-13-18(4)11-9-10-17(2)3)23(29)24(20)33(31,32)27-25(30)19(5)16-26/h10,13,15,19,28-29H,6-9,11-12,14,16,26H2,1-5H3,(H,27,30). The number of phenols is 2. The van der Waals surface area contributed by atoms with Gasteiger partial charge in [0.15, 0.2) is 0 Å². The minimum absolute atomic E-state index is 0.00562. The number of aryl methyl sites for hydroxylation is 1. The highest BCUT2D eigenvalue weighted by molar-refractivity contribution is 7.90. The monoisotopic (exact) mass is 480 g/mol. The van der Waals surface area contributed by atoms with Gasteiger partial charge < -0.3 is 15.9 Å². The van der Waals surface area contributed by atoms with Crippen molar-refractivity contribution in [3.63, 3.8) is 0 Å². The zero-order valence-electron chi connectivity index (χ0n) is 20.6. The van der Waals surface area contributed by atoms with Gasteiger partial charge in [-0.3, -0.25) is 4.79 Å². The molecule has 5 N–H and O–H groups in total. The number of carbonyl (C=O) groups is 1. The van der Waals surface area contributed by atoms with Crippen LogP contribution in [0, 0.1) is 5.92 Å². The average Bonchev–Trinajstić information content (AvgIpc) is 2.71. The van der Waals surface area contributed by atoms with Crippen molar-refractivity contribution >= 4 is 15.9 Å². The van der Waals surface area contributed by atoms with Crippen molar-refractivity contribution in [2.24, 2.45) is 11.7 Å². The Balaban J connectivity index is 3.39. The number of aromatic hydroxyl groups is 2. The van der Waals surface area contributed by atoms with Crippen LogP contribution in [-0.2, 0) is 27.7 Å². The van der Waals surface area contributed by atoms with E-state index in [-0.39, 0.29) is 34.7 Å². The number of hydrogen-bond donors (Lipinski definition) is 4. The molecule has 0 saturated carbocycles. The predicted molar refractivity (Wildman–Crippen MR) is 133 cm³/mol. The molecule has 0 heterocycles. The maximum Gasteiger partial charge on any atom is 0.268 e. The number of sulfonamides is 1. The lowest BCUT2D eigenvalue weighted by atomic mass is 10.00. The highest BCUT2D eigenvalue weighted by Crippen LogP contribution is 2.38. The number of benzene rings is 1. The average molecular weight is 481 g/mol. The molecule has 0 radical (unpaired) electrons. The van der Waals surface area contributed by atoms with Gasteiger partial charge in [-0.15, -0.1) is 0 Å². The second-order valence-electron chi connectivity index (χ2n) is 8.85. The SMILES string of the molecule is CCCCCc1cc(O)c(CC=C(C)CCC=C(C)C)c(O)c1S(=O)(=O)NC(=O)C(C)CN. The minimum Gasteiger partial charge on any atom is -0.508 e. The van der Waals surface area contributed by atoms with Gasteiger partial charge in [-0.1, -0.05) is 50.0 Å². The lowest BCUT2D eigenvalue weighted by Gasteiger charge is -2.18. The summed E-state index contributed by atoms with van der Waals surface area (Å²) in [5.74, 6) is -2.11. The molecule has 33 heavy (non-hydrogen) atoms. The predicted octanol–water partition coefficient (Wildman–Crippen LogP) is 4.47. The summed E-state index contributed by atoms with van der Waals surface area (Å²) >= 11 is 0. The van der Waals surface area contributed by atoms with E-state index in [0.29, 0.717) is 12.8 Å². The molecule has 1 rings (SSSR count). The summed E-state index contributed by atoms with van der Waals surface area (Å²) in [6.07, 6.45) is 8.71. The number of hydrogen-bond acceptors (Lipinski definition) is 6. The lowest BCUT2D eigenvalue weighted by molar-refractivity contribution is -0.122. The first-order chi connectivity index (χ1) is 15.4. The van der Waals surface area contributed by atoms with Gasteiger partial charge in [-0.05, 0) is 64.5 Å². The van der Waals surface area contributed by atoms with Crippen LogP contribution in [0.5, 0.6) is 11.5 Å². The Hall–Kier alpha value is -2.32. The summed E-state index contributed by atoms with van der Waals surface area (Å²) in [5.41, 5.74) is 8.19. The third-order valence-corrected chi connectivity index (χ3v) is 6.98. The molecule has 0 aliphatic rings. The van der Waals surface area contributed by atoms with E-state index in [1.807, 2.05) is 38.5 Å². The molecule has 0 aromatic heterocycles. The number of amides is 1. The Bertz CT molecular complexity index is 977. The van der Waals surface area contributed by atoms with E-state index < -0.39 is 27.6 Å². The van der Waals surface area contributed by atoms with Crippen LogP contribution in [0.4, 0.5) is 0 Å². The molecule has 1 unspecified atom stereocenters. The summed E-state index contributed by atoms with van der Waals surface area (Å²) in [6, 6.07) is 1.39. The Morgan fingerprint density at radius 2 is 1.85 bits per heavy atom. The molecule has 1 amide bonds. The first kappa shape index (κ1) is 28.7. The van der Waals surface area contributed by atoms with Gasteiger partial charge in [-0.2, -0.15) is 0 Å². The number of nitrogens with one attached hydrogen (secondary N) is 1. The summed E-state index contributed by atoms with van der Waals surface area (Å²) in [6.45, 7) is 9.57. The van der Waals surface area contributed by atoms with Crippen LogP contribution in [0.15, 0.2) is 34.3 Å². The quantitative estimate of drug-likeness (QED) is 0.243. The van der Waals surface area contributed by atoms with Crippen molar-refractivity contribution in [2.45, 2.75) is 84.5 Å². The molecule has 1 aromatic rings. The molecule has 0 spiro atoms. The Kier molecular flexibility index (Phi) is 11.7. The number of nitrogens with two attached hydrogens (primary N) is 1. The summed E-state index contributed by atoms with van der Waals surface area (Å²) in [5, 5.41) is 21.6. The number of unbranched alkanes of at least 4 members (excludes halogenated alkanes) is 2. The maximum absolute atomic E-state index is 13.1. The first-order valence-corrected chi connectivity index (χ1v) is 13.0. The molecule has 0 aliphatic carbocycles. The Morgan fingerprint density at radius 1 is 1.18 bits per heavy atom. The number of rotatable bonds is 13. The third kappa shape index (κ3) is 8.85. The van der Waals surface area contributed by atoms with Gasteiger partial charge in [0.1, 0.15) is 16.4 Å². The largest absolute Gasteiger partial charge is 0.508 e. The van der Waals surface area contributed by atoms with Crippen LogP contribution in [0.3, 0.4) is 0 Å². The highest BCUT2D eigenvalue weighted by Gasteiger charge is 2.29. The molecule has 0 saturated heterocycles. The van der Waals surface area contributed by atoms with E-state index in [2.05, 4.69) is 6.08 Å². The van der Waals surface area contributed by atoms with Crippen LogP contribution in [0.1, 0.15) is 77.8 Å². The Labute approximate surface area is 198 Å². The van der Waals surface area contributed by atoms with Crippen LogP contribution < -0.4 is 10.5 Å². The zero-order chi connectivity index (χ0) is 25.2. The van der Waals surface area contributed by atoms with E-state index in [4.69, 9.17) is 5.73 Å². The third-order valence-electron chi connectivity index (χ3n) is 5.51. The summed E-state index contributed by atoms with van der Waals surface area (Å²) < 4.78 is 28.3. The maximum atomic E-state index is 13.1. The second-order valence-corrected chi connectivity index (χ2v) is 10.5. The zero-order valence-corrected chi connectivity index (χ0v) is 21.4. The topological polar surface area (TPSA) is 130 Å². The fourth-order valence-corrected chi connectivity index (χ4v) is 4.79. The van der Waals surface area contributed by atoms with Gasteiger partial charge in [-0.25, -0.2) is 13.1 Å². The minimum atomic E-state index is -4.36. The lowest BCUT2D eigenvalue weighted by Crippen LogP contribution is -2.37. The summed E-state index contributed by atoms with van der Waals surface area (Å²) in [4.78, 5) is 11.9. The summed E-state index contributed by atoms with van der Waals surface area (Å²) in [7, 11) is -4.36. The van der Waals surface area contributed by atoms with E-state index >= 15 is 0 Å². The molecule has 7 nitrogen and oxygen atoms in total. The van der Waals surface area contributed by atoms with Crippen LogP contribution in [-0.4, -0.2) is 31.1 Å².